The highest BCUT2D eigenvalue weighted by molar-refractivity contribution is 7.80. The minimum absolute atomic E-state index is 0.0977. The van der Waals surface area contributed by atoms with E-state index < -0.39 is 5.97 Å². The number of halogens is 1. The lowest BCUT2D eigenvalue weighted by molar-refractivity contribution is 0.0526. The number of carbonyl (C=O) groups excluding carboxylic acids is 1. The zero-order valence-corrected chi connectivity index (χ0v) is 15.1. The van der Waals surface area contributed by atoms with Gasteiger partial charge in [0.1, 0.15) is 0 Å². The molecule has 1 aromatic rings. The van der Waals surface area contributed by atoms with Gasteiger partial charge in [0.2, 0.25) is 0 Å². The minimum Gasteiger partial charge on any atom is -0.462 e. The Bertz CT molecular complexity index is 586. The highest BCUT2D eigenvalue weighted by atomic mass is 35.5. The molecule has 0 bridgehead atoms. The Morgan fingerprint density at radius 2 is 2.04 bits per heavy atom. The van der Waals surface area contributed by atoms with E-state index in [1.165, 1.54) is 12.8 Å². The number of anilines is 1. The van der Waals surface area contributed by atoms with Gasteiger partial charge < -0.3 is 15.4 Å². The van der Waals surface area contributed by atoms with E-state index in [9.17, 15) is 4.79 Å². The smallest absolute Gasteiger partial charge is 0.339 e. The van der Waals surface area contributed by atoms with Crippen molar-refractivity contribution in [3.63, 3.8) is 0 Å². The fraction of sp³-hybridized carbons (Fsp3) is 0.529. The molecule has 126 valence electrons. The van der Waals surface area contributed by atoms with Crippen LogP contribution in [0.2, 0.25) is 5.02 Å². The molecular formula is C17H23ClN2O2S. The molecule has 0 atom stereocenters. The maximum absolute atomic E-state index is 11.9. The summed E-state index contributed by atoms with van der Waals surface area (Å²) < 4.78 is 5.01. The number of nitrogens with one attached hydrogen (secondary N) is 2. The monoisotopic (exact) mass is 354 g/mol. The molecule has 4 nitrogen and oxygen atoms in total. The summed E-state index contributed by atoms with van der Waals surface area (Å²) in [5, 5.41) is 7.54. The van der Waals surface area contributed by atoms with Crippen molar-refractivity contribution < 1.29 is 9.53 Å². The maximum atomic E-state index is 11.9. The second-order valence-electron chi connectivity index (χ2n) is 5.84. The fourth-order valence-corrected chi connectivity index (χ4v) is 3.52. The average molecular weight is 355 g/mol. The first-order valence-electron chi connectivity index (χ1n) is 8.05. The lowest BCUT2D eigenvalue weighted by Gasteiger charge is -2.30. The van der Waals surface area contributed by atoms with Crippen LogP contribution in [0.3, 0.4) is 0 Å². The molecule has 0 aromatic heterocycles. The van der Waals surface area contributed by atoms with Crippen LogP contribution < -0.4 is 10.6 Å². The third-order valence-electron chi connectivity index (χ3n) is 4.34. The normalized spacial score (nSPS) is 16.0. The molecule has 0 radical (unpaired) electrons. The van der Waals surface area contributed by atoms with Gasteiger partial charge in [0.25, 0.3) is 0 Å². The van der Waals surface area contributed by atoms with Gasteiger partial charge in [-0.05, 0) is 56.6 Å². The van der Waals surface area contributed by atoms with Gasteiger partial charge in [0.15, 0.2) is 5.11 Å². The Labute approximate surface area is 147 Å². The van der Waals surface area contributed by atoms with Gasteiger partial charge in [-0.3, -0.25) is 0 Å². The molecule has 23 heavy (non-hydrogen) atoms. The highest BCUT2D eigenvalue weighted by Crippen LogP contribution is 2.32. The van der Waals surface area contributed by atoms with Crippen LogP contribution in [0.4, 0.5) is 5.69 Å². The third-order valence-corrected chi connectivity index (χ3v) is 4.87. The van der Waals surface area contributed by atoms with E-state index in [4.69, 9.17) is 28.6 Å². The second kappa shape index (κ2) is 7.97. The lowest BCUT2D eigenvalue weighted by atomic mass is 9.95. The van der Waals surface area contributed by atoms with E-state index in [1.54, 1.807) is 25.1 Å². The van der Waals surface area contributed by atoms with E-state index in [-0.39, 0.29) is 5.54 Å². The van der Waals surface area contributed by atoms with Crippen molar-refractivity contribution in [1.82, 2.24) is 5.32 Å². The fourth-order valence-electron chi connectivity index (χ4n) is 2.99. The molecule has 0 saturated heterocycles. The first kappa shape index (κ1) is 18.0. The first-order chi connectivity index (χ1) is 11.0. The number of esters is 1. The van der Waals surface area contributed by atoms with Crippen LogP contribution in [0.5, 0.6) is 0 Å². The van der Waals surface area contributed by atoms with Gasteiger partial charge >= 0.3 is 5.97 Å². The van der Waals surface area contributed by atoms with Gasteiger partial charge in [-0.15, -0.1) is 0 Å². The van der Waals surface area contributed by atoms with Crippen LogP contribution in [-0.4, -0.2) is 23.2 Å². The molecule has 6 heteroatoms. The molecule has 0 amide bonds. The number of ether oxygens (including phenoxy) is 1. The largest absolute Gasteiger partial charge is 0.462 e. The van der Waals surface area contributed by atoms with E-state index in [2.05, 4.69) is 17.6 Å². The molecule has 1 fully saturated rings. The van der Waals surface area contributed by atoms with Crippen LogP contribution >= 0.6 is 23.8 Å². The molecule has 1 aromatic carbocycles. The molecule has 1 aliphatic carbocycles. The summed E-state index contributed by atoms with van der Waals surface area (Å²) in [6, 6.07) is 5.14. The first-order valence-corrected chi connectivity index (χ1v) is 8.84. The molecule has 2 rings (SSSR count). The average Bonchev–Trinajstić information content (AvgIpc) is 2.98. The standard InChI is InChI=1S/C17H23ClN2O2S/c1-3-17(9-5-6-10-17)20-16(23)19-12-7-8-14(18)13(11-12)15(21)22-4-2/h7-8,11H,3-6,9-10H2,1-2H3,(H2,19,20,23). The molecule has 1 aliphatic rings. The Morgan fingerprint density at radius 3 is 2.65 bits per heavy atom. The molecule has 1 saturated carbocycles. The Balaban J connectivity index is 2.06. The summed E-state index contributed by atoms with van der Waals surface area (Å²) in [5.41, 5.74) is 1.16. The number of carbonyl (C=O) groups is 1. The number of hydrogen-bond acceptors (Lipinski definition) is 3. The zero-order valence-electron chi connectivity index (χ0n) is 13.6. The topological polar surface area (TPSA) is 50.4 Å². The van der Waals surface area contributed by atoms with Crippen LogP contribution in [0.15, 0.2) is 18.2 Å². The van der Waals surface area contributed by atoms with Crippen LogP contribution in [0, 0.1) is 0 Å². The van der Waals surface area contributed by atoms with Crippen molar-refractivity contribution >= 4 is 40.6 Å². The molecule has 0 aliphatic heterocycles. The van der Waals surface area contributed by atoms with Gasteiger partial charge in [0.05, 0.1) is 17.2 Å². The predicted octanol–water partition coefficient (Wildman–Crippen LogP) is 4.53. The Morgan fingerprint density at radius 1 is 1.35 bits per heavy atom. The van der Waals surface area contributed by atoms with Crippen LogP contribution in [0.1, 0.15) is 56.3 Å². The number of hydrogen-bond donors (Lipinski definition) is 2. The van der Waals surface area contributed by atoms with Crippen LogP contribution in [0.25, 0.3) is 0 Å². The summed E-state index contributed by atoms with van der Waals surface area (Å²) in [6.07, 6.45) is 5.79. The van der Waals surface area contributed by atoms with Crippen molar-refractivity contribution in [3.8, 4) is 0 Å². The van der Waals surface area contributed by atoms with Gasteiger partial charge in [-0.1, -0.05) is 31.4 Å². The van der Waals surface area contributed by atoms with E-state index in [0.717, 1.165) is 24.9 Å². The molecule has 0 heterocycles. The predicted molar refractivity (Wildman–Crippen MR) is 98.3 cm³/mol. The zero-order chi connectivity index (χ0) is 16.9. The van der Waals surface area contributed by atoms with Crippen LogP contribution in [-0.2, 0) is 4.74 Å². The second-order valence-corrected chi connectivity index (χ2v) is 6.65. The van der Waals surface area contributed by atoms with E-state index in [1.807, 2.05) is 0 Å². The summed E-state index contributed by atoms with van der Waals surface area (Å²) in [4.78, 5) is 11.9. The SMILES string of the molecule is CCOC(=O)c1cc(NC(=S)NC2(CC)CCCC2)ccc1Cl. The van der Waals surface area contributed by atoms with Crippen molar-refractivity contribution in [2.75, 3.05) is 11.9 Å². The molecule has 0 spiro atoms. The van der Waals surface area contributed by atoms with E-state index >= 15 is 0 Å². The number of benzene rings is 1. The third kappa shape index (κ3) is 4.58. The summed E-state index contributed by atoms with van der Waals surface area (Å²) >= 11 is 11.5. The quantitative estimate of drug-likeness (QED) is 0.601. The van der Waals surface area contributed by atoms with Crippen molar-refractivity contribution in [3.05, 3.63) is 28.8 Å². The van der Waals surface area contributed by atoms with Crippen molar-refractivity contribution in [2.24, 2.45) is 0 Å². The summed E-state index contributed by atoms with van der Waals surface area (Å²) in [6.45, 7) is 4.26. The number of thiocarbonyl (C=S) groups is 1. The Kier molecular flexibility index (Phi) is 6.25. The highest BCUT2D eigenvalue weighted by Gasteiger charge is 2.32. The van der Waals surface area contributed by atoms with Crippen molar-refractivity contribution in [1.29, 1.82) is 0 Å². The number of rotatable bonds is 5. The summed E-state index contributed by atoms with van der Waals surface area (Å²) in [5.74, 6) is -0.430. The van der Waals surface area contributed by atoms with Crippen molar-refractivity contribution in [2.45, 2.75) is 51.5 Å². The Hall–Kier alpha value is -1.33. The minimum atomic E-state index is -0.430. The molecular weight excluding hydrogens is 332 g/mol. The summed E-state index contributed by atoms with van der Waals surface area (Å²) in [7, 11) is 0. The molecule has 2 N–H and O–H groups in total. The van der Waals surface area contributed by atoms with Gasteiger partial charge in [-0.2, -0.15) is 0 Å². The molecule has 0 unspecified atom stereocenters. The maximum Gasteiger partial charge on any atom is 0.339 e. The van der Waals surface area contributed by atoms with Gasteiger partial charge in [-0.25, -0.2) is 4.79 Å². The van der Waals surface area contributed by atoms with E-state index in [0.29, 0.717) is 22.3 Å². The lowest BCUT2D eigenvalue weighted by Crippen LogP contribution is -2.47. The van der Waals surface area contributed by atoms with Gasteiger partial charge in [0, 0.05) is 11.2 Å².